The van der Waals surface area contributed by atoms with Crippen LogP contribution in [-0.4, -0.2) is 80.7 Å². The molecule has 0 spiro atoms. The predicted molar refractivity (Wildman–Crippen MR) is 174 cm³/mol. The lowest BCUT2D eigenvalue weighted by atomic mass is 9.83. The number of halogens is 1. The highest BCUT2D eigenvalue weighted by Crippen LogP contribution is 2.46. The van der Waals surface area contributed by atoms with Crippen LogP contribution in [0.25, 0.3) is 11.3 Å². The number of anilines is 3. The maximum Gasteiger partial charge on any atom is 0.329 e. The van der Waals surface area contributed by atoms with Gasteiger partial charge in [-0.15, -0.1) is 0 Å². The largest absolute Gasteiger partial charge is 0.416 e. The SMILES string of the molecule is CC(C)(C)[Si](C)(C)OC[C@@]1(C)CN([B]C=O)c2c(C#N)cc(-c3ccnc(Nc4cc(Cl)nn4C[C@H]4COCCO4)n3)cc21. The third-order valence-electron chi connectivity index (χ3n) is 8.69. The van der Waals surface area contributed by atoms with E-state index in [-0.39, 0.29) is 11.1 Å². The van der Waals surface area contributed by atoms with Gasteiger partial charge in [0.05, 0.1) is 37.6 Å². The van der Waals surface area contributed by atoms with Crippen molar-refractivity contribution in [3.05, 3.63) is 46.7 Å². The number of hydrogen-bond donors (Lipinski definition) is 1. The molecule has 44 heavy (non-hydrogen) atoms. The van der Waals surface area contributed by atoms with Crippen molar-refractivity contribution in [3.8, 4) is 17.3 Å². The molecule has 0 aliphatic carbocycles. The summed E-state index contributed by atoms with van der Waals surface area (Å²) in [6.45, 7) is 16.2. The summed E-state index contributed by atoms with van der Waals surface area (Å²) >= 11 is 6.25. The summed E-state index contributed by atoms with van der Waals surface area (Å²) < 4.78 is 19.7. The van der Waals surface area contributed by atoms with E-state index >= 15 is 0 Å². The zero-order chi connectivity index (χ0) is 31.7. The first-order valence-corrected chi connectivity index (χ1v) is 17.9. The van der Waals surface area contributed by atoms with E-state index in [1.165, 1.54) is 7.41 Å². The lowest BCUT2D eigenvalue weighted by Gasteiger charge is -2.39. The zero-order valence-electron chi connectivity index (χ0n) is 26.1. The molecule has 4 heterocycles. The Balaban J connectivity index is 1.47. The summed E-state index contributed by atoms with van der Waals surface area (Å²) in [6.07, 6.45) is 2.28. The Morgan fingerprint density at radius 3 is 2.80 bits per heavy atom. The zero-order valence-corrected chi connectivity index (χ0v) is 27.8. The van der Waals surface area contributed by atoms with Crippen LogP contribution in [-0.2, 0) is 30.7 Å². The molecule has 1 radical (unpaired) electrons. The molecule has 2 aliphatic heterocycles. The third kappa shape index (κ3) is 6.69. The van der Waals surface area contributed by atoms with Gasteiger partial charge in [-0.1, -0.05) is 39.3 Å². The molecule has 0 bridgehead atoms. The Hall–Kier alpha value is -3.28. The van der Waals surface area contributed by atoms with Crippen LogP contribution in [0.1, 0.15) is 38.8 Å². The van der Waals surface area contributed by atoms with Crippen molar-refractivity contribution in [1.29, 1.82) is 5.26 Å². The van der Waals surface area contributed by atoms with Gasteiger partial charge in [0.1, 0.15) is 24.2 Å². The molecule has 5 rings (SSSR count). The number of aromatic nitrogens is 4. The van der Waals surface area contributed by atoms with Crippen molar-refractivity contribution in [3.63, 3.8) is 0 Å². The van der Waals surface area contributed by atoms with Crippen molar-refractivity contribution in [2.45, 2.75) is 63.9 Å². The lowest BCUT2D eigenvalue weighted by molar-refractivity contribution is -0.0944. The van der Waals surface area contributed by atoms with Crippen LogP contribution in [0.5, 0.6) is 0 Å². The third-order valence-corrected chi connectivity index (χ3v) is 13.4. The van der Waals surface area contributed by atoms with Gasteiger partial charge in [0.2, 0.25) is 5.95 Å². The first kappa shape index (κ1) is 32.1. The fourth-order valence-electron chi connectivity index (χ4n) is 5.21. The van der Waals surface area contributed by atoms with E-state index in [1.807, 2.05) is 4.81 Å². The Morgan fingerprint density at radius 1 is 1.32 bits per heavy atom. The molecule has 3 aromatic rings. The molecular weight excluding hydrogens is 597 g/mol. The van der Waals surface area contributed by atoms with E-state index in [1.54, 1.807) is 29.1 Å². The number of hydrogen-bond acceptors (Lipinski definition) is 10. The monoisotopic (exact) mass is 634 g/mol. The van der Waals surface area contributed by atoms with E-state index in [2.05, 4.69) is 68.3 Å². The summed E-state index contributed by atoms with van der Waals surface area (Å²) in [4.78, 5) is 22.7. The lowest BCUT2D eigenvalue weighted by Crippen LogP contribution is -2.46. The number of nitrogens with one attached hydrogen (secondary N) is 1. The van der Waals surface area contributed by atoms with Gasteiger partial charge < -0.3 is 28.8 Å². The minimum Gasteiger partial charge on any atom is -0.416 e. The van der Waals surface area contributed by atoms with Gasteiger partial charge in [-0.25, -0.2) is 14.6 Å². The summed E-state index contributed by atoms with van der Waals surface area (Å²) in [5, 5.41) is 18.2. The molecule has 0 unspecified atom stereocenters. The van der Waals surface area contributed by atoms with E-state index < -0.39 is 13.7 Å². The fraction of sp³-hybridized carbons (Fsp3) is 0.500. The second-order valence-electron chi connectivity index (χ2n) is 13.0. The normalized spacial score (nSPS) is 20.2. The Bertz CT molecular complexity index is 1570. The van der Waals surface area contributed by atoms with E-state index in [4.69, 9.17) is 30.5 Å². The number of ether oxygens (including phenoxy) is 2. The number of nitriles is 1. The van der Waals surface area contributed by atoms with Crippen LogP contribution in [0, 0.1) is 11.3 Å². The van der Waals surface area contributed by atoms with Gasteiger partial charge in [-0.2, -0.15) is 10.4 Å². The number of benzene rings is 1. The van der Waals surface area contributed by atoms with Crippen molar-refractivity contribution in [2.24, 2.45) is 0 Å². The molecule has 2 aliphatic rings. The predicted octanol–water partition coefficient (Wildman–Crippen LogP) is 4.93. The van der Waals surface area contributed by atoms with E-state index in [0.29, 0.717) is 67.7 Å². The maximum atomic E-state index is 11.6. The second-order valence-corrected chi connectivity index (χ2v) is 18.2. The fourth-order valence-corrected chi connectivity index (χ4v) is 6.52. The molecule has 0 saturated carbocycles. The van der Waals surface area contributed by atoms with E-state index in [9.17, 15) is 10.1 Å². The first-order valence-electron chi connectivity index (χ1n) is 14.6. The van der Waals surface area contributed by atoms with Crippen molar-refractivity contribution < 1.29 is 18.7 Å². The highest BCUT2D eigenvalue weighted by Gasteiger charge is 2.44. The molecule has 0 amide bonds. The molecule has 14 heteroatoms. The molecule has 1 aromatic carbocycles. The first-order chi connectivity index (χ1) is 20.8. The number of fused-ring (bicyclic) bond motifs is 1. The van der Waals surface area contributed by atoms with Crippen LogP contribution in [0.2, 0.25) is 23.3 Å². The van der Waals surface area contributed by atoms with Gasteiger partial charge in [0, 0.05) is 42.1 Å². The topological polar surface area (TPSA) is 127 Å². The average molecular weight is 635 g/mol. The van der Waals surface area contributed by atoms with Gasteiger partial charge in [0.25, 0.3) is 0 Å². The van der Waals surface area contributed by atoms with Gasteiger partial charge >= 0.3 is 7.41 Å². The van der Waals surface area contributed by atoms with Crippen LogP contribution < -0.4 is 10.1 Å². The Morgan fingerprint density at radius 2 is 2.11 bits per heavy atom. The molecule has 2 aromatic heterocycles. The highest BCUT2D eigenvalue weighted by atomic mass is 35.5. The smallest absolute Gasteiger partial charge is 0.329 e. The maximum absolute atomic E-state index is 11.6. The summed E-state index contributed by atoms with van der Waals surface area (Å²) in [6, 6.07) is 9.71. The van der Waals surface area contributed by atoms with Gasteiger partial charge in [-0.05, 0) is 41.9 Å². The minimum absolute atomic E-state index is 0.0419. The molecule has 231 valence electrons. The number of carbonyl (C=O) groups excluding carboxylic acids is 1. The number of rotatable bonds is 10. The van der Waals surface area contributed by atoms with Gasteiger partial charge in [-0.3, -0.25) is 0 Å². The Labute approximate surface area is 265 Å². The molecule has 11 nitrogen and oxygen atoms in total. The molecule has 1 saturated heterocycles. The summed E-state index contributed by atoms with van der Waals surface area (Å²) in [5.74, 6) is 0.962. The number of carbonyl (C=O) groups is 1. The summed E-state index contributed by atoms with van der Waals surface area (Å²) in [5.41, 5.74) is 3.05. The standard InChI is InChI=1S/C30H38BClN7O4Si/c1-29(2,3)44(5,6)43-18-30(4)17-38(31-19-40)27-21(14-33)11-20(12-23(27)30)24-7-8-34-28(35-24)36-26-13-25(32)37-39(26)15-22-16-41-9-10-42-22/h7-8,11-13,19,22H,9-10,15-18H2,1-6H3,(H,34,35,36)/t22-,30+/m0/s1. The molecule has 2 atom stereocenters. The summed E-state index contributed by atoms with van der Waals surface area (Å²) in [7, 11) is -0.578. The second kappa shape index (κ2) is 12.6. The minimum atomic E-state index is -2.07. The van der Waals surface area contributed by atoms with Crippen molar-refractivity contribution >= 4 is 51.0 Å². The van der Waals surface area contributed by atoms with Gasteiger partial charge in [0.15, 0.2) is 13.5 Å². The average Bonchev–Trinajstić information content (AvgIpc) is 3.47. The quantitative estimate of drug-likeness (QED) is 0.242. The van der Waals surface area contributed by atoms with Crippen molar-refractivity contribution in [1.82, 2.24) is 19.7 Å². The molecule has 1 fully saturated rings. The van der Waals surface area contributed by atoms with Crippen LogP contribution >= 0.6 is 11.6 Å². The number of nitrogens with zero attached hydrogens (tertiary/aromatic N) is 6. The highest BCUT2D eigenvalue weighted by molar-refractivity contribution is 6.74. The van der Waals surface area contributed by atoms with Crippen LogP contribution in [0.15, 0.2) is 30.5 Å². The van der Waals surface area contributed by atoms with Crippen LogP contribution in [0.3, 0.4) is 0 Å². The van der Waals surface area contributed by atoms with Crippen LogP contribution in [0.4, 0.5) is 17.5 Å². The van der Waals surface area contributed by atoms with E-state index in [0.717, 1.165) is 23.0 Å². The molecular formula is C30H38BClN7O4Si. The Kier molecular flexibility index (Phi) is 9.21. The molecule has 1 N–H and O–H groups in total. The van der Waals surface area contributed by atoms with Crippen molar-refractivity contribution in [2.75, 3.05) is 43.1 Å².